The van der Waals surface area contributed by atoms with E-state index in [4.69, 9.17) is 4.74 Å². The van der Waals surface area contributed by atoms with Gasteiger partial charge in [-0.1, -0.05) is 13.3 Å². The van der Waals surface area contributed by atoms with Gasteiger partial charge in [0.15, 0.2) is 11.5 Å². The number of nitro benzene ring substituents is 1. The van der Waals surface area contributed by atoms with Crippen molar-refractivity contribution >= 4 is 17.4 Å². The number of hydrogen-bond acceptors (Lipinski definition) is 5. The Labute approximate surface area is 151 Å². The predicted octanol–water partition coefficient (Wildman–Crippen LogP) is 3.31. The Morgan fingerprint density at radius 1 is 1.19 bits per heavy atom. The highest BCUT2D eigenvalue weighted by Crippen LogP contribution is 2.31. The third-order valence-electron chi connectivity index (χ3n) is 4.27. The van der Waals surface area contributed by atoms with Crippen molar-refractivity contribution in [2.45, 2.75) is 39.3 Å². The summed E-state index contributed by atoms with van der Waals surface area (Å²) in [6.07, 6.45) is 4.62. The van der Waals surface area contributed by atoms with E-state index in [9.17, 15) is 19.7 Å². The van der Waals surface area contributed by atoms with Crippen LogP contribution in [0.25, 0.3) is 0 Å². The van der Waals surface area contributed by atoms with Crippen molar-refractivity contribution in [2.24, 2.45) is 0 Å². The SMILES string of the molecule is CCCCOC1(NC(=O)c2ccc([N+](=O)[O-])cc2)C(C)=CC(=O)C=C1C. The number of hydrogen-bond donors (Lipinski definition) is 1. The maximum atomic E-state index is 12.7. The lowest BCUT2D eigenvalue weighted by atomic mass is 9.89. The molecule has 0 saturated carbocycles. The summed E-state index contributed by atoms with van der Waals surface area (Å²) in [4.78, 5) is 34.7. The van der Waals surface area contributed by atoms with E-state index in [0.717, 1.165) is 12.8 Å². The van der Waals surface area contributed by atoms with Gasteiger partial charge >= 0.3 is 0 Å². The summed E-state index contributed by atoms with van der Waals surface area (Å²) in [5.41, 5.74) is 0.169. The Bertz CT molecular complexity index is 756. The highest BCUT2D eigenvalue weighted by molar-refractivity contribution is 6.03. The zero-order valence-corrected chi connectivity index (χ0v) is 15.1. The zero-order chi connectivity index (χ0) is 19.3. The van der Waals surface area contributed by atoms with Crippen LogP contribution in [-0.2, 0) is 9.53 Å². The Hall–Kier alpha value is -2.80. The number of non-ortho nitro benzene ring substituents is 1. The second-order valence-electron chi connectivity index (χ2n) is 6.20. The molecule has 0 spiro atoms. The van der Waals surface area contributed by atoms with Gasteiger partial charge in [-0.25, -0.2) is 0 Å². The number of allylic oxidation sites excluding steroid dienone is 2. The number of nitro groups is 1. The fourth-order valence-electron chi connectivity index (χ4n) is 2.78. The van der Waals surface area contributed by atoms with Crippen LogP contribution in [0.3, 0.4) is 0 Å². The van der Waals surface area contributed by atoms with Crippen molar-refractivity contribution in [3.63, 3.8) is 0 Å². The van der Waals surface area contributed by atoms with Crippen molar-refractivity contribution < 1.29 is 19.2 Å². The molecule has 0 unspecified atom stereocenters. The summed E-state index contributed by atoms with van der Waals surface area (Å²) < 4.78 is 6.01. The lowest BCUT2D eigenvalue weighted by molar-refractivity contribution is -0.384. The van der Waals surface area contributed by atoms with Crippen LogP contribution in [0.5, 0.6) is 0 Å². The van der Waals surface area contributed by atoms with Crippen LogP contribution < -0.4 is 5.32 Å². The zero-order valence-electron chi connectivity index (χ0n) is 15.1. The molecule has 0 aromatic heterocycles. The molecular weight excluding hydrogens is 336 g/mol. The first kappa shape index (κ1) is 19.5. The van der Waals surface area contributed by atoms with E-state index in [1.165, 1.54) is 36.4 Å². The van der Waals surface area contributed by atoms with Gasteiger partial charge in [0, 0.05) is 17.7 Å². The Balaban J connectivity index is 2.30. The van der Waals surface area contributed by atoms with Gasteiger partial charge in [-0.15, -0.1) is 0 Å². The summed E-state index contributed by atoms with van der Waals surface area (Å²) in [6.45, 7) is 5.91. The molecule has 26 heavy (non-hydrogen) atoms. The minimum Gasteiger partial charge on any atom is -0.348 e. The second kappa shape index (κ2) is 8.05. The highest BCUT2D eigenvalue weighted by Gasteiger charge is 2.39. The van der Waals surface area contributed by atoms with Gasteiger partial charge in [0.2, 0.25) is 0 Å². The molecule has 1 aromatic carbocycles. The molecule has 1 aliphatic rings. The van der Waals surface area contributed by atoms with Gasteiger partial charge in [0.25, 0.3) is 11.6 Å². The lowest BCUT2D eigenvalue weighted by Crippen LogP contribution is -2.54. The Kier molecular flexibility index (Phi) is 6.05. The second-order valence-corrected chi connectivity index (χ2v) is 6.20. The molecule has 0 radical (unpaired) electrons. The molecule has 1 aliphatic carbocycles. The van der Waals surface area contributed by atoms with E-state index < -0.39 is 16.6 Å². The van der Waals surface area contributed by atoms with E-state index in [0.29, 0.717) is 17.8 Å². The molecule has 1 aromatic rings. The number of carbonyl (C=O) groups excluding carboxylic acids is 2. The molecule has 0 aliphatic heterocycles. The van der Waals surface area contributed by atoms with E-state index in [1.54, 1.807) is 13.8 Å². The quantitative estimate of drug-likeness (QED) is 0.349. The lowest BCUT2D eigenvalue weighted by Gasteiger charge is -2.38. The number of nitrogens with one attached hydrogen (secondary N) is 1. The maximum absolute atomic E-state index is 12.7. The fourth-order valence-corrected chi connectivity index (χ4v) is 2.78. The minimum atomic E-state index is -1.19. The number of benzene rings is 1. The molecule has 0 atom stereocenters. The monoisotopic (exact) mass is 358 g/mol. The summed E-state index contributed by atoms with van der Waals surface area (Å²) in [5, 5.41) is 13.6. The fraction of sp³-hybridized carbons (Fsp3) is 0.368. The molecule has 7 nitrogen and oxygen atoms in total. The molecule has 0 fully saturated rings. The third-order valence-corrected chi connectivity index (χ3v) is 4.27. The number of amides is 1. The van der Waals surface area contributed by atoms with Gasteiger partial charge in [0.05, 0.1) is 11.5 Å². The van der Waals surface area contributed by atoms with Crippen LogP contribution in [0.4, 0.5) is 5.69 Å². The summed E-state index contributed by atoms with van der Waals surface area (Å²) in [6, 6.07) is 5.32. The molecule has 1 N–H and O–H groups in total. The standard InChI is InChI=1S/C19H22N2O5/c1-4-5-10-26-19(13(2)11-17(22)12-14(19)3)20-18(23)15-6-8-16(9-7-15)21(24)25/h6-9,11-12H,4-5,10H2,1-3H3,(H,20,23). The number of carbonyl (C=O) groups is 2. The van der Waals surface area contributed by atoms with Crippen molar-refractivity contribution in [1.29, 1.82) is 0 Å². The van der Waals surface area contributed by atoms with Crippen LogP contribution in [0.1, 0.15) is 44.0 Å². The van der Waals surface area contributed by atoms with Gasteiger partial charge < -0.3 is 10.1 Å². The van der Waals surface area contributed by atoms with Crippen LogP contribution >= 0.6 is 0 Å². The normalized spacial score (nSPS) is 15.9. The smallest absolute Gasteiger partial charge is 0.269 e. The average molecular weight is 358 g/mol. The first-order valence-corrected chi connectivity index (χ1v) is 8.42. The van der Waals surface area contributed by atoms with Crippen LogP contribution in [0.15, 0.2) is 47.6 Å². The van der Waals surface area contributed by atoms with Crippen molar-refractivity contribution in [3.05, 3.63) is 63.2 Å². The summed E-state index contributed by atoms with van der Waals surface area (Å²) in [5.74, 6) is -0.592. The van der Waals surface area contributed by atoms with Crippen LogP contribution in [0, 0.1) is 10.1 Å². The van der Waals surface area contributed by atoms with Crippen molar-refractivity contribution in [1.82, 2.24) is 5.32 Å². The minimum absolute atomic E-state index is 0.0918. The van der Waals surface area contributed by atoms with E-state index in [-0.39, 0.29) is 17.0 Å². The third kappa shape index (κ3) is 4.05. The Morgan fingerprint density at radius 2 is 1.77 bits per heavy atom. The maximum Gasteiger partial charge on any atom is 0.269 e. The summed E-state index contributed by atoms with van der Waals surface area (Å²) >= 11 is 0. The molecular formula is C19H22N2O5. The molecule has 7 heteroatoms. The van der Waals surface area contributed by atoms with E-state index in [1.807, 2.05) is 6.92 Å². The largest absolute Gasteiger partial charge is 0.348 e. The number of nitrogens with zero attached hydrogens (tertiary/aromatic N) is 1. The molecule has 0 heterocycles. The van der Waals surface area contributed by atoms with Gasteiger partial charge in [0.1, 0.15) is 0 Å². The molecule has 0 bridgehead atoms. The van der Waals surface area contributed by atoms with E-state index >= 15 is 0 Å². The first-order chi connectivity index (χ1) is 12.3. The number of unbranched alkanes of at least 4 members (excludes halogenated alkanes) is 1. The topological polar surface area (TPSA) is 98.5 Å². The number of ether oxygens (including phenoxy) is 1. The van der Waals surface area contributed by atoms with Gasteiger partial charge in [-0.2, -0.15) is 0 Å². The average Bonchev–Trinajstić information content (AvgIpc) is 2.59. The van der Waals surface area contributed by atoms with Crippen molar-refractivity contribution in [3.8, 4) is 0 Å². The molecule has 0 saturated heterocycles. The van der Waals surface area contributed by atoms with Gasteiger partial charge in [-0.3, -0.25) is 19.7 Å². The molecule has 2 rings (SSSR count). The summed E-state index contributed by atoms with van der Waals surface area (Å²) in [7, 11) is 0. The van der Waals surface area contributed by atoms with Gasteiger partial charge in [-0.05, 0) is 55.7 Å². The van der Waals surface area contributed by atoms with Crippen LogP contribution in [0.2, 0.25) is 0 Å². The molecule has 1 amide bonds. The van der Waals surface area contributed by atoms with E-state index in [2.05, 4.69) is 5.32 Å². The number of rotatable bonds is 7. The predicted molar refractivity (Wildman–Crippen MR) is 96.7 cm³/mol. The first-order valence-electron chi connectivity index (χ1n) is 8.42. The van der Waals surface area contributed by atoms with Crippen molar-refractivity contribution in [2.75, 3.05) is 6.61 Å². The highest BCUT2D eigenvalue weighted by atomic mass is 16.6. The number of ketones is 1. The van der Waals surface area contributed by atoms with Crippen LogP contribution in [-0.4, -0.2) is 28.9 Å². The molecule has 138 valence electrons. The Morgan fingerprint density at radius 3 is 2.27 bits per heavy atom.